The average Bonchev–Trinajstić information content (AvgIpc) is 2.74. The number of methoxy groups -OCH3 is 1. The summed E-state index contributed by atoms with van der Waals surface area (Å²) < 4.78 is 32.2. The van der Waals surface area contributed by atoms with Crippen LogP contribution in [0, 0.1) is 0 Å². The summed E-state index contributed by atoms with van der Waals surface area (Å²) in [4.78, 5) is 9.66. The van der Waals surface area contributed by atoms with Gasteiger partial charge in [0, 0.05) is 10.9 Å². The highest BCUT2D eigenvalue weighted by atomic mass is 79.9. The average molecular weight is 483 g/mol. The highest BCUT2D eigenvalue weighted by molar-refractivity contribution is 9.10. The van der Waals surface area contributed by atoms with Gasteiger partial charge < -0.3 is 4.74 Å². The summed E-state index contributed by atoms with van der Waals surface area (Å²) in [5.41, 5.74) is 3.48. The van der Waals surface area contributed by atoms with Gasteiger partial charge in [-0.05, 0) is 54.1 Å². The van der Waals surface area contributed by atoms with E-state index in [1.54, 1.807) is 31.4 Å². The Hall–Kier alpha value is -2.77. The van der Waals surface area contributed by atoms with E-state index in [1.165, 1.54) is 0 Å². The van der Waals surface area contributed by atoms with Crippen molar-refractivity contribution in [3.63, 3.8) is 0 Å². The minimum Gasteiger partial charge on any atom is -0.497 e. The lowest BCUT2D eigenvalue weighted by atomic mass is 10.1. The lowest BCUT2D eigenvalue weighted by Gasteiger charge is -2.12. The molecule has 0 saturated heterocycles. The van der Waals surface area contributed by atoms with E-state index < -0.39 is 9.84 Å². The van der Waals surface area contributed by atoms with Gasteiger partial charge in [-0.2, -0.15) is 0 Å². The number of sulfone groups is 1. The molecule has 0 spiro atoms. The summed E-state index contributed by atoms with van der Waals surface area (Å²) in [5.74, 6) is 0.525. The number of hydrogen-bond acceptors (Lipinski definition) is 5. The summed E-state index contributed by atoms with van der Waals surface area (Å²) in [6.07, 6.45) is 0.459. The van der Waals surface area contributed by atoms with Crippen LogP contribution in [-0.2, 0) is 22.0 Å². The summed E-state index contributed by atoms with van der Waals surface area (Å²) in [6.45, 7) is 0. The number of benzene rings is 3. The van der Waals surface area contributed by atoms with Crippen LogP contribution in [0.25, 0.3) is 11.0 Å². The van der Waals surface area contributed by atoms with Gasteiger partial charge in [-0.25, -0.2) is 18.4 Å². The Kier molecular flexibility index (Phi) is 5.83. The molecule has 7 heteroatoms. The van der Waals surface area contributed by atoms with Crippen LogP contribution >= 0.6 is 15.9 Å². The fourth-order valence-electron chi connectivity index (χ4n) is 3.21. The summed E-state index contributed by atoms with van der Waals surface area (Å²) in [7, 11) is -1.96. The standard InChI is InChI=1S/C23H19BrN2O3S/c1-29-18-6-4-5-16(13-18)14-22-23(26-21-8-3-2-7-20(21)25-22)15-30(27,28)19-11-9-17(24)10-12-19/h2-13H,14-15H2,1H3. The van der Waals surface area contributed by atoms with Crippen molar-refractivity contribution in [2.45, 2.75) is 17.1 Å². The summed E-state index contributed by atoms with van der Waals surface area (Å²) >= 11 is 3.34. The number of rotatable bonds is 6. The summed E-state index contributed by atoms with van der Waals surface area (Å²) in [5, 5.41) is 0. The maximum atomic E-state index is 13.1. The van der Waals surface area contributed by atoms with Crippen molar-refractivity contribution in [1.82, 2.24) is 9.97 Å². The predicted molar refractivity (Wildman–Crippen MR) is 120 cm³/mol. The molecule has 4 aromatic rings. The van der Waals surface area contributed by atoms with Crippen LogP contribution in [0.4, 0.5) is 0 Å². The van der Waals surface area contributed by atoms with Crippen molar-refractivity contribution < 1.29 is 13.2 Å². The normalized spacial score (nSPS) is 11.5. The van der Waals surface area contributed by atoms with E-state index in [4.69, 9.17) is 9.72 Å². The zero-order chi connectivity index (χ0) is 21.1. The van der Waals surface area contributed by atoms with Gasteiger partial charge in [-0.15, -0.1) is 0 Å². The number of hydrogen-bond donors (Lipinski definition) is 0. The third kappa shape index (κ3) is 4.52. The second kappa shape index (κ2) is 8.53. The Morgan fingerprint density at radius 2 is 1.53 bits per heavy atom. The van der Waals surface area contributed by atoms with E-state index >= 15 is 0 Å². The van der Waals surface area contributed by atoms with Crippen molar-refractivity contribution in [3.05, 3.63) is 94.2 Å². The van der Waals surface area contributed by atoms with E-state index in [9.17, 15) is 8.42 Å². The molecule has 0 radical (unpaired) electrons. The number of aromatic nitrogens is 2. The van der Waals surface area contributed by atoms with Crippen LogP contribution in [-0.4, -0.2) is 25.5 Å². The van der Waals surface area contributed by atoms with Crippen LogP contribution in [0.1, 0.15) is 17.0 Å². The third-order valence-electron chi connectivity index (χ3n) is 4.73. The van der Waals surface area contributed by atoms with Crippen molar-refractivity contribution in [2.75, 3.05) is 7.11 Å². The van der Waals surface area contributed by atoms with Gasteiger partial charge in [-0.3, -0.25) is 0 Å². The zero-order valence-electron chi connectivity index (χ0n) is 16.2. The molecule has 5 nitrogen and oxygen atoms in total. The van der Waals surface area contributed by atoms with E-state index in [1.807, 2.05) is 48.5 Å². The molecule has 3 aromatic carbocycles. The lowest BCUT2D eigenvalue weighted by Crippen LogP contribution is -2.11. The molecule has 0 aliphatic rings. The quantitative estimate of drug-likeness (QED) is 0.388. The van der Waals surface area contributed by atoms with Crippen molar-refractivity contribution in [3.8, 4) is 5.75 Å². The van der Waals surface area contributed by atoms with Crippen LogP contribution in [0.5, 0.6) is 5.75 Å². The number of ether oxygens (including phenoxy) is 1. The first-order chi connectivity index (χ1) is 14.4. The summed E-state index contributed by atoms with van der Waals surface area (Å²) in [6, 6.07) is 21.8. The minimum atomic E-state index is -3.57. The van der Waals surface area contributed by atoms with Gasteiger partial charge in [0.05, 0.1) is 40.2 Å². The number of fused-ring (bicyclic) bond motifs is 1. The smallest absolute Gasteiger partial charge is 0.184 e. The first kappa shape index (κ1) is 20.5. The minimum absolute atomic E-state index is 0.216. The second-order valence-electron chi connectivity index (χ2n) is 6.85. The van der Waals surface area contributed by atoms with Crippen LogP contribution < -0.4 is 4.74 Å². The molecule has 0 fully saturated rings. The molecule has 4 rings (SSSR count). The molecule has 0 unspecified atom stereocenters. The molecule has 0 amide bonds. The Morgan fingerprint density at radius 1 is 0.867 bits per heavy atom. The lowest BCUT2D eigenvalue weighted by molar-refractivity contribution is 0.414. The Balaban J connectivity index is 1.77. The van der Waals surface area contributed by atoms with Gasteiger partial charge in [0.15, 0.2) is 9.84 Å². The second-order valence-corrected chi connectivity index (χ2v) is 9.75. The molecule has 0 aliphatic heterocycles. The Labute approximate surface area is 183 Å². The largest absolute Gasteiger partial charge is 0.497 e. The number of nitrogens with zero attached hydrogens (tertiary/aromatic N) is 2. The van der Waals surface area contributed by atoms with Gasteiger partial charge >= 0.3 is 0 Å². The van der Waals surface area contributed by atoms with Crippen molar-refractivity contribution in [1.29, 1.82) is 0 Å². The van der Waals surface area contributed by atoms with E-state index in [0.29, 0.717) is 23.3 Å². The highest BCUT2D eigenvalue weighted by Gasteiger charge is 2.20. The topological polar surface area (TPSA) is 69.2 Å². The van der Waals surface area contributed by atoms with Crippen molar-refractivity contribution >= 4 is 36.8 Å². The Bertz CT molecular complexity index is 1310. The molecule has 1 aromatic heterocycles. The maximum absolute atomic E-state index is 13.1. The SMILES string of the molecule is COc1cccc(Cc2nc3ccccc3nc2CS(=O)(=O)c2ccc(Br)cc2)c1. The van der Waals surface area contributed by atoms with Gasteiger partial charge in [-0.1, -0.05) is 40.2 Å². The number of halogens is 1. The predicted octanol–water partition coefficient (Wildman–Crippen LogP) is 4.97. The van der Waals surface area contributed by atoms with Gasteiger partial charge in [0.25, 0.3) is 0 Å². The fraction of sp³-hybridized carbons (Fsp3) is 0.130. The van der Waals surface area contributed by atoms with Crippen LogP contribution in [0.2, 0.25) is 0 Å². The molecule has 0 bridgehead atoms. The zero-order valence-corrected chi connectivity index (χ0v) is 18.7. The maximum Gasteiger partial charge on any atom is 0.184 e. The van der Waals surface area contributed by atoms with Crippen LogP contribution in [0.15, 0.2) is 82.2 Å². The third-order valence-corrected chi connectivity index (χ3v) is 6.90. The molecule has 0 saturated carbocycles. The molecular weight excluding hydrogens is 464 g/mol. The molecule has 152 valence electrons. The molecule has 0 N–H and O–H groups in total. The fourth-order valence-corrected chi connectivity index (χ4v) is 4.78. The van der Waals surface area contributed by atoms with E-state index in [0.717, 1.165) is 21.3 Å². The van der Waals surface area contributed by atoms with E-state index in [2.05, 4.69) is 20.9 Å². The first-order valence-electron chi connectivity index (χ1n) is 9.30. The van der Waals surface area contributed by atoms with E-state index in [-0.39, 0.29) is 10.6 Å². The molecule has 30 heavy (non-hydrogen) atoms. The first-order valence-corrected chi connectivity index (χ1v) is 11.7. The van der Waals surface area contributed by atoms with Gasteiger partial charge in [0.2, 0.25) is 0 Å². The van der Waals surface area contributed by atoms with Crippen LogP contribution in [0.3, 0.4) is 0 Å². The Morgan fingerprint density at radius 3 is 2.20 bits per heavy atom. The molecular formula is C23H19BrN2O3S. The molecule has 1 heterocycles. The molecule has 0 atom stereocenters. The van der Waals surface area contributed by atoms with Crippen molar-refractivity contribution in [2.24, 2.45) is 0 Å². The number of para-hydroxylation sites is 2. The van der Waals surface area contributed by atoms with Gasteiger partial charge in [0.1, 0.15) is 5.75 Å². The highest BCUT2D eigenvalue weighted by Crippen LogP contribution is 2.23. The molecule has 0 aliphatic carbocycles. The monoisotopic (exact) mass is 482 g/mol.